The average molecular weight is 742 g/mol. The zero-order valence-corrected chi connectivity index (χ0v) is 30.8. The minimum absolute atomic E-state index is 0.0891. The molecule has 3 N–H and O–H groups in total. The van der Waals surface area contributed by atoms with E-state index in [1.807, 2.05) is 18.2 Å². The molecule has 4 amide bonds. The van der Waals surface area contributed by atoms with Crippen LogP contribution in [0.4, 0.5) is 17.3 Å². The maximum atomic E-state index is 13.2. The summed E-state index contributed by atoms with van der Waals surface area (Å²) >= 11 is 0. The van der Waals surface area contributed by atoms with Crippen molar-refractivity contribution in [3.05, 3.63) is 107 Å². The van der Waals surface area contributed by atoms with Gasteiger partial charge in [0.1, 0.15) is 18.4 Å². The molecule has 9 rings (SSSR count). The average Bonchev–Trinajstić information content (AvgIpc) is 3.37. The molecule has 1 saturated carbocycles. The molecule has 5 aliphatic rings. The molecule has 3 aromatic carbocycles. The summed E-state index contributed by atoms with van der Waals surface area (Å²) in [5, 5.41) is 9.35. The maximum absolute atomic E-state index is 13.2. The molecular formula is C42H43N7O6. The predicted molar refractivity (Wildman–Crippen MR) is 204 cm³/mol. The number of carbonyl (C=O) groups excluding carboxylic acids is 4. The van der Waals surface area contributed by atoms with E-state index in [-0.39, 0.29) is 35.4 Å². The number of ether oxygens (including phenoxy) is 2. The summed E-state index contributed by atoms with van der Waals surface area (Å²) in [4.78, 5) is 62.5. The fraction of sp³-hybridized carbons (Fsp3) is 0.381. The molecule has 4 fully saturated rings. The number of hydrogen-bond donors (Lipinski definition) is 3. The third-order valence-electron chi connectivity index (χ3n) is 11.7. The number of carbonyl (C=O) groups is 4. The van der Waals surface area contributed by atoms with E-state index in [0.29, 0.717) is 18.1 Å². The molecule has 4 aliphatic heterocycles. The van der Waals surface area contributed by atoms with Gasteiger partial charge in [-0.05, 0) is 78.9 Å². The van der Waals surface area contributed by atoms with Gasteiger partial charge in [0.2, 0.25) is 17.8 Å². The zero-order chi connectivity index (χ0) is 37.9. The molecule has 1 unspecified atom stereocenters. The molecule has 0 radical (unpaired) electrons. The number of nitrogens with one attached hydrogen (secondary N) is 3. The number of amides is 4. The standard InChI is InChI=1S/C42H43N7O6/c1-41(2,26-5-10-32(11-6-26)55-20-29-15-16-43-40(46-29)48-21-42(22-48)23-54-24-42)25-3-7-27(8-4-25)44-30-17-31(18-30)45-28-9-12-33-34(19-28)39(53)49(38(33)52)35-13-14-36(50)47-37(35)51/h3-12,15-16,19,30-31,35,44-45H,13-14,17-18,20-24H2,1-2H3,(H,47,50,51). The van der Waals surface area contributed by atoms with E-state index in [1.54, 1.807) is 24.4 Å². The van der Waals surface area contributed by atoms with Crippen LogP contribution in [0.2, 0.25) is 0 Å². The summed E-state index contributed by atoms with van der Waals surface area (Å²) in [5.74, 6) is -0.478. The summed E-state index contributed by atoms with van der Waals surface area (Å²) in [7, 11) is 0. The van der Waals surface area contributed by atoms with Crippen LogP contribution in [0, 0.1) is 5.41 Å². The van der Waals surface area contributed by atoms with E-state index < -0.39 is 29.7 Å². The molecular weight excluding hydrogens is 699 g/mol. The normalized spacial score (nSPS) is 22.7. The Hall–Kier alpha value is -5.82. The van der Waals surface area contributed by atoms with Gasteiger partial charge in [-0.15, -0.1) is 0 Å². The number of aromatic nitrogens is 2. The first-order chi connectivity index (χ1) is 26.5. The highest BCUT2D eigenvalue weighted by molar-refractivity contribution is 6.23. The Kier molecular flexibility index (Phi) is 8.56. The second kappa shape index (κ2) is 13.5. The van der Waals surface area contributed by atoms with E-state index in [9.17, 15) is 19.2 Å². The largest absolute Gasteiger partial charge is 0.487 e. The molecule has 13 nitrogen and oxygen atoms in total. The van der Waals surface area contributed by atoms with Crippen molar-refractivity contribution in [3.63, 3.8) is 0 Å². The fourth-order valence-electron chi connectivity index (χ4n) is 8.26. The quantitative estimate of drug-likeness (QED) is 0.184. The van der Waals surface area contributed by atoms with E-state index >= 15 is 0 Å². The number of piperidine rings is 1. The van der Waals surface area contributed by atoms with Crippen LogP contribution in [0.15, 0.2) is 79.0 Å². The summed E-state index contributed by atoms with van der Waals surface area (Å²) in [6.45, 7) is 8.37. The van der Waals surface area contributed by atoms with Crippen LogP contribution < -0.4 is 25.6 Å². The Balaban J connectivity index is 0.749. The van der Waals surface area contributed by atoms with Crippen molar-refractivity contribution in [3.8, 4) is 5.75 Å². The van der Waals surface area contributed by atoms with Crippen LogP contribution in [-0.2, 0) is 26.3 Å². The fourth-order valence-corrected chi connectivity index (χ4v) is 8.26. The minimum Gasteiger partial charge on any atom is -0.487 e. The summed E-state index contributed by atoms with van der Waals surface area (Å²) in [5.41, 5.74) is 5.68. The monoisotopic (exact) mass is 741 g/mol. The highest BCUT2D eigenvalue weighted by Gasteiger charge is 2.50. The topological polar surface area (TPSA) is 155 Å². The highest BCUT2D eigenvalue weighted by atomic mass is 16.5. The number of benzene rings is 3. The third-order valence-corrected chi connectivity index (χ3v) is 11.7. The molecule has 1 aromatic heterocycles. The Morgan fingerprint density at radius 3 is 2.18 bits per heavy atom. The molecule has 55 heavy (non-hydrogen) atoms. The van der Waals surface area contributed by atoms with Gasteiger partial charge in [0.25, 0.3) is 11.8 Å². The zero-order valence-electron chi connectivity index (χ0n) is 30.8. The van der Waals surface area contributed by atoms with Gasteiger partial charge in [0, 0.05) is 54.6 Å². The van der Waals surface area contributed by atoms with Crippen LogP contribution in [0.1, 0.15) is 77.1 Å². The van der Waals surface area contributed by atoms with Crippen molar-refractivity contribution < 1.29 is 28.7 Å². The Labute approximate surface area is 318 Å². The number of nitrogens with zero attached hydrogens (tertiary/aromatic N) is 4. The van der Waals surface area contributed by atoms with Crippen LogP contribution in [0.5, 0.6) is 5.75 Å². The molecule has 4 aromatic rings. The van der Waals surface area contributed by atoms with Crippen molar-refractivity contribution in [2.24, 2.45) is 5.41 Å². The Morgan fingerprint density at radius 2 is 1.51 bits per heavy atom. The van der Waals surface area contributed by atoms with Gasteiger partial charge in [-0.3, -0.25) is 29.4 Å². The molecule has 5 heterocycles. The SMILES string of the molecule is CC(C)(c1ccc(NC2CC(Nc3ccc4c(c3)C(=O)N(C3CCC(=O)NC3=O)C4=O)C2)cc1)c1ccc(OCc2ccnc(N3CC4(COC4)C3)n2)cc1. The maximum Gasteiger partial charge on any atom is 0.262 e. The van der Waals surface area contributed by atoms with E-state index in [4.69, 9.17) is 14.5 Å². The van der Waals surface area contributed by atoms with Crippen molar-refractivity contribution in [2.45, 2.75) is 69.7 Å². The molecule has 0 bridgehead atoms. The van der Waals surface area contributed by atoms with Crippen LogP contribution in [0.3, 0.4) is 0 Å². The van der Waals surface area contributed by atoms with Crippen molar-refractivity contribution in [1.82, 2.24) is 20.2 Å². The summed E-state index contributed by atoms with van der Waals surface area (Å²) < 4.78 is 11.5. The molecule has 3 saturated heterocycles. The molecule has 1 atom stereocenters. The van der Waals surface area contributed by atoms with Gasteiger partial charge >= 0.3 is 0 Å². The Bertz CT molecular complexity index is 2170. The lowest BCUT2D eigenvalue weighted by Gasteiger charge is -2.54. The first-order valence-corrected chi connectivity index (χ1v) is 18.9. The molecule has 1 aliphatic carbocycles. The van der Waals surface area contributed by atoms with Gasteiger partial charge in [0.15, 0.2) is 0 Å². The third kappa shape index (κ3) is 6.56. The van der Waals surface area contributed by atoms with Gasteiger partial charge in [0.05, 0.1) is 35.4 Å². The van der Waals surface area contributed by atoms with Gasteiger partial charge in [-0.25, -0.2) is 9.97 Å². The lowest BCUT2D eigenvalue weighted by Crippen LogP contribution is -2.66. The van der Waals surface area contributed by atoms with E-state index in [0.717, 1.165) is 72.8 Å². The van der Waals surface area contributed by atoms with Crippen molar-refractivity contribution >= 4 is 41.0 Å². The number of hydrogen-bond acceptors (Lipinski definition) is 11. The smallest absolute Gasteiger partial charge is 0.262 e. The number of rotatable bonds is 11. The predicted octanol–water partition coefficient (Wildman–Crippen LogP) is 4.67. The molecule has 282 valence electrons. The molecule has 1 spiro atoms. The van der Waals surface area contributed by atoms with Crippen molar-refractivity contribution in [1.29, 1.82) is 0 Å². The van der Waals surface area contributed by atoms with Gasteiger partial charge < -0.3 is 25.0 Å². The highest BCUT2D eigenvalue weighted by Crippen LogP contribution is 2.39. The van der Waals surface area contributed by atoms with Crippen LogP contribution >= 0.6 is 0 Å². The van der Waals surface area contributed by atoms with E-state index in [1.165, 1.54) is 11.1 Å². The summed E-state index contributed by atoms with van der Waals surface area (Å²) in [6.07, 6.45) is 3.80. The second-order valence-electron chi connectivity index (χ2n) is 16.1. The lowest BCUT2D eigenvalue weighted by molar-refractivity contribution is -0.136. The van der Waals surface area contributed by atoms with Crippen LogP contribution in [-0.4, -0.2) is 82.9 Å². The Morgan fingerprint density at radius 1 is 0.855 bits per heavy atom. The minimum atomic E-state index is -0.977. The summed E-state index contributed by atoms with van der Waals surface area (Å²) in [6, 6.07) is 23.4. The lowest BCUT2D eigenvalue weighted by atomic mass is 9.78. The van der Waals surface area contributed by atoms with Gasteiger partial charge in [-0.1, -0.05) is 38.1 Å². The number of imide groups is 2. The van der Waals surface area contributed by atoms with Gasteiger partial charge in [-0.2, -0.15) is 0 Å². The first kappa shape index (κ1) is 34.9. The number of fused-ring (bicyclic) bond motifs is 1. The first-order valence-electron chi connectivity index (χ1n) is 18.9. The number of anilines is 3. The molecule has 13 heteroatoms. The van der Waals surface area contributed by atoms with Crippen LogP contribution in [0.25, 0.3) is 0 Å². The van der Waals surface area contributed by atoms with E-state index in [2.05, 4.69) is 76.1 Å². The van der Waals surface area contributed by atoms with Crippen molar-refractivity contribution in [2.75, 3.05) is 41.8 Å². The second-order valence-corrected chi connectivity index (χ2v) is 16.1.